The van der Waals surface area contributed by atoms with Crippen LogP contribution in [0.3, 0.4) is 0 Å². The Morgan fingerprint density at radius 3 is 2.05 bits per heavy atom. The first-order valence-corrected chi connectivity index (χ1v) is 6.48. The third kappa shape index (κ3) is 1.71. The first kappa shape index (κ1) is 13.0. The highest BCUT2D eigenvalue weighted by Gasteiger charge is 2.33. The van der Waals surface area contributed by atoms with Crippen LogP contribution in [0.4, 0.5) is 0 Å². The van der Waals surface area contributed by atoms with Crippen molar-refractivity contribution in [3.63, 3.8) is 0 Å². The first-order valence-electron chi connectivity index (χ1n) is 5.73. The number of hydrogen-bond acceptors (Lipinski definition) is 3. The molecule has 98 valence electrons. The molecule has 0 bridgehead atoms. The minimum absolute atomic E-state index is 0.0128. The van der Waals surface area contributed by atoms with Crippen LogP contribution in [0.2, 0.25) is 5.02 Å². The number of carbonyl (C=O) groups excluding carboxylic acids is 3. The summed E-state index contributed by atoms with van der Waals surface area (Å²) in [7, 11) is 0. The minimum atomic E-state index is -0.854. The minimum Gasteiger partial charge on any atom is -0.289 e. The summed E-state index contributed by atoms with van der Waals surface area (Å²) in [5.41, 5.74) is 0.605. The second kappa shape index (κ2) is 4.54. The van der Waals surface area contributed by atoms with Gasteiger partial charge in [0, 0.05) is 22.3 Å². The molecule has 5 heteroatoms. The van der Waals surface area contributed by atoms with E-state index in [4.69, 9.17) is 23.2 Å². The summed E-state index contributed by atoms with van der Waals surface area (Å²) in [5.74, 6) is -0.729. The van der Waals surface area contributed by atoms with E-state index in [9.17, 15) is 14.4 Å². The molecule has 3 nitrogen and oxygen atoms in total. The van der Waals surface area contributed by atoms with Crippen LogP contribution in [0.15, 0.2) is 36.4 Å². The van der Waals surface area contributed by atoms with Gasteiger partial charge in [-0.1, -0.05) is 35.9 Å². The van der Waals surface area contributed by atoms with Crippen LogP contribution in [0.25, 0.3) is 0 Å². The van der Waals surface area contributed by atoms with Crippen LogP contribution in [0.1, 0.15) is 42.2 Å². The Kier molecular flexibility index (Phi) is 2.96. The Balaban J connectivity index is 2.40. The number of ketones is 2. The molecule has 0 heterocycles. The molecule has 0 saturated carbocycles. The van der Waals surface area contributed by atoms with Gasteiger partial charge in [-0.2, -0.15) is 0 Å². The molecule has 0 unspecified atom stereocenters. The lowest BCUT2D eigenvalue weighted by atomic mass is 9.82. The quantitative estimate of drug-likeness (QED) is 0.647. The molecule has 2 aromatic carbocycles. The van der Waals surface area contributed by atoms with Crippen molar-refractivity contribution in [3.05, 3.63) is 69.2 Å². The van der Waals surface area contributed by atoms with Crippen LogP contribution in [-0.2, 0) is 0 Å². The van der Waals surface area contributed by atoms with Crippen molar-refractivity contribution < 1.29 is 14.4 Å². The molecule has 0 aliphatic heterocycles. The lowest BCUT2D eigenvalue weighted by Crippen LogP contribution is -2.23. The Hall–Kier alpha value is -1.97. The van der Waals surface area contributed by atoms with Crippen LogP contribution in [0, 0.1) is 0 Å². The lowest BCUT2D eigenvalue weighted by molar-refractivity contribution is 0.0974. The third-order valence-electron chi connectivity index (χ3n) is 3.24. The van der Waals surface area contributed by atoms with Crippen molar-refractivity contribution in [2.24, 2.45) is 0 Å². The predicted octanol–water partition coefficient (Wildman–Crippen LogP) is 3.49. The highest BCUT2D eigenvalue weighted by atomic mass is 35.5. The monoisotopic (exact) mass is 304 g/mol. The van der Waals surface area contributed by atoms with Gasteiger partial charge in [-0.3, -0.25) is 14.4 Å². The summed E-state index contributed by atoms with van der Waals surface area (Å²) < 4.78 is 0. The van der Waals surface area contributed by atoms with Gasteiger partial charge in [0.25, 0.3) is 5.24 Å². The Labute approximate surface area is 124 Å². The predicted molar refractivity (Wildman–Crippen MR) is 74.9 cm³/mol. The van der Waals surface area contributed by atoms with Crippen molar-refractivity contribution in [1.82, 2.24) is 0 Å². The molecular weight excluding hydrogens is 299 g/mol. The van der Waals surface area contributed by atoms with Crippen LogP contribution >= 0.6 is 23.2 Å². The number of fused-ring (bicyclic) bond motifs is 2. The highest BCUT2D eigenvalue weighted by Crippen LogP contribution is 2.33. The van der Waals surface area contributed by atoms with E-state index in [1.807, 2.05) is 0 Å². The van der Waals surface area contributed by atoms with E-state index in [1.54, 1.807) is 24.3 Å². The zero-order valence-electron chi connectivity index (χ0n) is 9.94. The molecule has 0 aromatic heterocycles. The fraction of sp³-hybridized carbons (Fsp3) is 0. The van der Waals surface area contributed by atoms with E-state index in [-0.39, 0.29) is 33.1 Å². The Bertz CT molecular complexity index is 794. The van der Waals surface area contributed by atoms with E-state index in [0.717, 1.165) is 0 Å². The second-order valence-electron chi connectivity index (χ2n) is 4.32. The van der Waals surface area contributed by atoms with Gasteiger partial charge in [-0.05, 0) is 23.7 Å². The van der Waals surface area contributed by atoms with Crippen LogP contribution in [0.5, 0.6) is 0 Å². The van der Waals surface area contributed by atoms with E-state index in [2.05, 4.69) is 0 Å². The SMILES string of the molecule is O=C1c2ccccc2C(=O)c2c1ccc(Cl)c2C(=O)Cl. The maximum absolute atomic E-state index is 12.5. The van der Waals surface area contributed by atoms with Gasteiger partial charge < -0.3 is 0 Å². The van der Waals surface area contributed by atoms with Gasteiger partial charge in [-0.25, -0.2) is 0 Å². The van der Waals surface area contributed by atoms with Crippen molar-refractivity contribution in [1.29, 1.82) is 0 Å². The van der Waals surface area contributed by atoms with E-state index in [1.165, 1.54) is 12.1 Å². The summed E-state index contributed by atoms with van der Waals surface area (Å²) >= 11 is 11.4. The molecule has 0 N–H and O–H groups in total. The number of rotatable bonds is 1. The summed E-state index contributed by atoms with van der Waals surface area (Å²) in [6.45, 7) is 0. The lowest BCUT2D eigenvalue weighted by Gasteiger charge is -2.19. The zero-order valence-corrected chi connectivity index (χ0v) is 11.5. The van der Waals surface area contributed by atoms with Crippen molar-refractivity contribution in [3.8, 4) is 0 Å². The van der Waals surface area contributed by atoms with Gasteiger partial charge in [-0.15, -0.1) is 0 Å². The molecule has 2 aromatic rings. The maximum Gasteiger partial charge on any atom is 0.254 e. The molecular formula is C15H6Cl2O3. The van der Waals surface area contributed by atoms with Gasteiger partial charge in [0.05, 0.1) is 10.6 Å². The summed E-state index contributed by atoms with van der Waals surface area (Å²) in [6.07, 6.45) is 0. The Morgan fingerprint density at radius 2 is 1.45 bits per heavy atom. The Morgan fingerprint density at radius 1 is 0.850 bits per heavy atom. The van der Waals surface area contributed by atoms with Gasteiger partial charge in [0.15, 0.2) is 11.6 Å². The maximum atomic E-state index is 12.5. The molecule has 0 fully saturated rings. The fourth-order valence-corrected chi connectivity index (χ4v) is 2.84. The second-order valence-corrected chi connectivity index (χ2v) is 5.07. The van der Waals surface area contributed by atoms with E-state index < -0.39 is 11.0 Å². The van der Waals surface area contributed by atoms with Gasteiger partial charge in [0.1, 0.15) is 0 Å². The average Bonchev–Trinajstić information content (AvgIpc) is 2.44. The number of benzene rings is 2. The van der Waals surface area contributed by atoms with Crippen LogP contribution in [-0.4, -0.2) is 16.8 Å². The van der Waals surface area contributed by atoms with E-state index in [0.29, 0.717) is 5.56 Å². The average molecular weight is 305 g/mol. The number of halogens is 2. The topological polar surface area (TPSA) is 51.2 Å². The molecule has 0 saturated heterocycles. The molecule has 1 aliphatic rings. The summed E-state index contributed by atoms with van der Waals surface area (Å²) in [5, 5.41) is -0.795. The molecule has 1 aliphatic carbocycles. The van der Waals surface area contributed by atoms with Crippen molar-refractivity contribution >= 4 is 40.0 Å². The zero-order chi connectivity index (χ0) is 14.4. The summed E-state index contributed by atoms with van der Waals surface area (Å²) in [4.78, 5) is 36.4. The van der Waals surface area contributed by atoms with Gasteiger partial charge >= 0.3 is 0 Å². The third-order valence-corrected chi connectivity index (χ3v) is 3.74. The van der Waals surface area contributed by atoms with Gasteiger partial charge in [0.2, 0.25) is 0 Å². The standard InChI is InChI=1S/C15H6Cl2O3/c16-10-6-5-9-11(12(10)15(17)20)14(19)8-4-2-1-3-7(8)13(9)18/h1-6H. The highest BCUT2D eigenvalue weighted by molar-refractivity contribution is 6.69. The normalized spacial score (nSPS) is 12.9. The number of carbonyl (C=O) groups is 3. The van der Waals surface area contributed by atoms with Crippen molar-refractivity contribution in [2.75, 3.05) is 0 Å². The molecule has 0 radical (unpaired) electrons. The van der Waals surface area contributed by atoms with Crippen LogP contribution < -0.4 is 0 Å². The fourth-order valence-electron chi connectivity index (χ4n) is 2.35. The molecule has 0 spiro atoms. The largest absolute Gasteiger partial charge is 0.289 e. The smallest absolute Gasteiger partial charge is 0.254 e. The van der Waals surface area contributed by atoms with E-state index >= 15 is 0 Å². The number of hydrogen-bond donors (Lipinski definition) is 0. The molecule has 20 heavy (non-hydrogen) atoms. The molecule has 0 atom stereocenters. The summed E-state index contributed by atoms with van der Waals surface area (Å²) in [6, 6.07) is 9.30. The molecule has 3 rings (SSSR count). The first-order chi connectivity index (χ1) is 9.52. The van der Waals surface area contributed by atoms with Crippen molar-refractivity contribution in [2.45, 2.75) is 0 Å². The molecule has 0 amide bonds.